The van der Waals surface area contributed by atoms with Gasteiger partial charge < -0.3 is 4.90 Å². The van der Waals surface area contributed by atoms with E-state index in [0.717, 1.165) is 62.9 Å². The quantitative estimate of drug-likeness (QED) is 0.842. The summed E-state index contributed by atoms with van der Waals surface area (Å²) < 4.78 is 1.90. The number of aromatic nitrogens is 2. The number of hydrogen-bond acceptors (Lipinski definition) is 3. The second-order valence-corrected chi connectivity index (χ2v) is 7.12. The van der Waals surface area contributed by atoms with Crippen molar-refractivity contribution in [3.63, 3.8) is 0 Å². The summed E-state index contributed by atoms with van der Waals surface area (Å²) in [6.07, 6.45) is 6.53. The van der Waals surface area contributed by atoms with E-state index in [9.17, 15) is 10.1 Å². The minimum atomic E-state index is -0.787. The summed E-state index contributed by atoms with van der Waals surface area (Å²) in [5, 5.41) is 14.2. The maximum absolute atomic E-state index is 13.2. The van der Waals surface area contributed by atoms with Crippen LogP contribution in [0.15, 0.2) is 0 Å². The zero-order valence-electron chi connectivity index (χ0n) is 14.4. The van der Waals surface area contributed by atoms with Crippen LogP contribution in [0.2, 0.25) is 0 Å². The molecule has 1 aliphatic carbocycles. The van der Waals surface area contributed by atoms with Crippen molar-refractivity contribution < 1.29 is 4.79 Å². The van der Waals surface area contributed by atoms with Crippen molar-refractivity contribution in [3.05, 3.63) is 17.0 Å². The Morgan fingerprint density at radius 3 is 2.52 bits per heavy atom. The lowest BCUT2D eigenvalue weighted by molar-refractivity contribution is -0.141. The van der Waals surface area contributed by atoms with Gasteiger partial charge in [0, 0.05) is 24.8 Å². The third-order valence-corrected chi connectivity index (χ3v) is 5.74. The van der Waals surface area contributed by atoms with Gasteiger partial charge in [-0.2, -0.15) is 10.4 Å². The van der Waals surface area contributed by atoms with Crippen LogP contribution < -0.4 is 0 Å². The number of nitriles is 1. The number of aryl methyl sites for hydroxylation is 2. The van der Waals surface area contributed by atoms with Crippen molar-refractivity contribution in [2.75, 3.05) is 6.54 Å². The molecule has 2 aliphatic rings. The largest absolute Gasteiger partial charge is 0.334 e. The molecule has 1 unspecified atom stereocenters. The fraction of sp³-hybridized carbons (Fsp3) is 0.722. The van der Waals surface area contributed by atoms with Crippen molar-refractivity contribution in [3.8, 4) is 6.07 Å². The summed E-state index contributed by atoms with van der Waals surface area (Å²) in [6.45, 7) is 4.85. The van der Waals surface area contributed by atoms with Crippen LogP contribution in [0, 0.1) is 30.6 Å². The van der Waals surface area contributed by atoms with E-state index in [0.29, 0.717) is 0 Å². The van der Waals surface area contributed by atoms with Gasteiger partial charge in [-0.1, -0.05) is 19.3 Å². The second kappa shape index (κ2) is 5.99. The molecule has 23 heavy (non-hydrogen) atoms. The topological polar surface area (TPSA) is 61.9 Å². The first-order chi connectivity index (χ1) is 11.0. The number of rotatable bonds is 2. The number of nitrogens with zero attached hydrogens (tertiary/aromatic N) is 4. The molecule has 5 nitrogen and oxygen atoms in total. The summed E-state index contributed by atoms with van der Waals surface area (Å²) >= 11 is 0. The number of carbonyl (C=O) groups excluding carboxylic acids is 1. The molecular weight excluding hydrogens is 288 g/mol. The maximum atomic E-state index is 13.2. The van der Waals surface area contributed by atoms with Gasteiger partial charge in [-0.3, -0.25) is 9.48 Å². The standard InChI is InChI=1S/C18H26N4O/c1-13-16(14(2)21(3)20-13)15-8-7-11-22(15)17(23)18(12-19)9-5-4-6-10-18/h15H,4-11H2,1-3H3. The summed E-state index contributed by atoms with van der Waals surface area (Å²) in [5.41, 5.74) is 2.53. The van der Waals surface area contributed by atoms with E-state index in [4.69, 9.17) is 0 Å². The highest BCUT2D eigenvalue weighted by atomic mass is 16.2. The van der Waals surface area contributed by atoms with Crippen LogP contribution in [-0.2, 0) is 11.8 Å². The van der Waals surface area contributed by atoms with Crippen LogP contribution >= 0.6 is 0 Å². The van der Waals surface area contributed by atoms with Crippen molar-refractivity contribution >= 4 is 5.91 Å². The minimum absolute atomic E-state index is 0.0600. The first-order valence-corrected chi connectivity index (χ1v) is 8.72. The molecule has 0 N–H and O–H groups in total. The Labute approximate surface area is 138 Å². The van der Waals surface area contributed by atoms with Crippen LogP contribution in [0.1, 0.15) is 67.9 Å². The Kier molecular flexibility index (Phi) is 4.18. The lowest BCUT2D eigenvalue weighted by atomic mass is 9.74. The molecule has 1 aromatic rings. The van der Waals surface area contributed by atoms with Crippen molar-refractivity contribution in [2.45, 2.75) is 64.8 Å². The Morgan fingerprint density at radius 2 is 1.96 bits per heavy atom. The van der Waals surface area contributed by atoms with Crippen molar-refractivity contribution in [1.82, 2.24) is 14.7 Å². The molecule has 0 bridgehead atoms. The average molecular weight is 314 g/mol. The molecular formula is C18H26N4O. The predicted molar refractivity (Wildman–Crippen MR) is 87.5 cm³/mol. The first-order valence-electron chi connectivity index (χ1n) is 8.72. The number of carbonyl (C=O) groups is 1. The highest BCUT2D eigenvalue weighted by molar-refractivity contribution is 5.86. The molecule has 2 heterocycles. The highest BCUT2D eigenvalue weighted by Crippen LogP contribution is 2.43. The van der Waals surface area contributed by atoms with Gasteiger partial charge in [-0.05, 0) is 39.5 Å². The lowest BCUT2D eigenvalue weighted by Gasteiger charge is -2.36. The number of amides is 1. The molecule has 0 radical (unpaired) electrons. The van der Waals surface area contributed by atoms with Gasteiger partial charge in [0.25, 0.3) is 0 Å². The Morgan fingerprint density at radius 1 is 1.26 bits per heavy atom. The van der Waals surface area contributed by atoms with Crippen LogP contribution in [0.25, 0.3) is 0 Å². The van der Waals surface area contributed by atoms with E-state index in [1.54, 1.807) is 0 Å². The molecule has 0 spiro atoms. The van der Waals surface area contributed by atoms with E-state index in [1.807, 2.05) is 23.6 Å². The number of likely N-dealkylation sites (tertiary alicyclic amines) is 1. The Bertz CT molecular complexity index is 649. The van der Waals surface area contributed by atoms with Crippen molar-refractivity contribution in [1.29, 1.82) is 5.26 Å². The molecule has 0 aromatic carbocycles. The molecule has 1 amide bonds. The molecule has 3 rings (SSSR count). The van der Waals surface area contributed by atoms with Gasteiger partial charge in [0.05, 0.1) is 17.8 Å². The zero-order chi connectivity index (χ0) is 16.6. The maximum Gasteiger partial charge on any atom is 0.243 e. The summed E-state index contributed by atoms with van der Waals surface area (Å²) in [4.78, 5) is 15.2. The Balaban J connectivity index is 1.92. The molecule has 1 atom stereocenters. The molecule has 1 saturated carbocycles. The van der Waals surface area contributed by atoms with E-state index >= 15 is 0 Å². The van der Waals surface area contributed by atoms with Gasteiger partial charge >= 0.3 is 0 Å². The molecule has 1 saturated heterocycles. The second-order valence-electron chi connectivity index (χ2n) is 7.12. The van der Waals surface area contributed by atoms with E-state index in [1.165, 1.54) is 5.56 Å². The smallest absolute Gasteiger partial charge is 0.243 e. The highest BCUT2D eigenvalue weighted by Gasteiger charge is 2.46. The van der Waals surface area contributed by atoms with E-state index < -0.39 is 5.41 Å². The minimum Gasteiger partial charge on any atom is -0.334 e. The van der Waals surface area contributed by atoms with Crippen LogP contribution in [0.4, 0.5) is 0 Å². The molecule has 5 heteroatoms. The van der Waals surface area contributed by atoms with Gasteiger partial charge in [0.1, 0.15) is 5.41 Å². The fourth-order valence-corrected chi connectivity index (χ4v) is 4.39. The number of hydrogen-bond donors (Lipinski definition) is 0. The van der Waals surface area contributed by atoms with Gasteiger partial charge in [0.15, 0.2) is 0 Å². The van der Waals surface area contributed by atoms with Gasteiger partial charge in [0.2, 0.25) is 5.91 Å². The summed E-state index contributed by atoms with van der Waals surface area (Å²) in [6, 6.07) is 2.47. The summed E-state index contributed by atoms with van der Waals surface area (Å²) in [5.74, 6) is 0.0600. The fourth-order valence-electron chi connectivity index (χ4n) is 4.39. The SMILES string of the molecule is Cc1nn(C)c(C)c1C1CCCN1C(=O)C1(C#N)CCCCC1. The molecule has 2 fully saturated rings. The van der Waals surface area contributed by atoms with Gasteiger partial charge in [-0.15, -0.1) is 0 Å². The van der Waals surface area contributed by atoms with Crippen LogP contribution in [-0.4, -0.2) is 27.1 Å². The third kappa shape index (κ3) is 2.54. The molecule has 1 aliphatic heterocycles. The van der Waals surface area contributed by atoms with E-state index in [-0.39, 0.29) is 11.9 Å². The third-order valence-electron chi connectivity index (χ3n) is 5.74. The predicted octanol–water partition coefficient (Wildman–Crippen LogP) is 3.17. The Hall–Kier alpha value is -1.83. The summed E-state index contributed by atoms with van der Waals surface area (Å²) in [7, 11) is 1.95. The molecule has 1 aromatic heterocycles. The first kappa shape index (κ1) is 16.0. The van der Waals surface area contributed by atoms with Gasteiger partial charge in [-0.25, -0.2) is 0 Å². The zero-order valence-corrected chi connectivity index (χ0v) is 14.4. The average Bonchev–Trinajstić information content (AvgIpc) is 3.12. The lowest BCUT2D eigenvalue weighted by Crippen LogP contribution is -2.44. The van der Waals surface area contributed by atoms with Crippen LogP contribution in [0.3, 0.4) is 0 Å². The van der Waals surface area contributed by atoms with E-state index in [2.05, 4.69) is 18.1 Å². The molecule has 124 valence electrons. The van der Waals surface area contributed by atoms with Crippen LogP contribution in [0.5, 0.6) is 0 Å². The monoisotopic (exact) mass is 314 g/mol. The normalized spacial score (nSPS) is 23.7. The van der Waals surface area contributed by atoms with Crippen molar-refractivity contribution in [2.24, 2.45) is 12.5 Å².